The minimum atomic E-state index is -0.252. The first-order valence-electron chi connectivity index (χ1n) is 11.6. The van der Waals surface area contributed by atoms with E-state index in [1.807, 2.05) is 36.4 Å². The summed E-state index contributed by atoms with van der Waals surface area (Å²) in [5, 5.41) is 4.27. The van der Waals surface area contributed by atoms with Crippen molar-refractivity contribution in [1.82, 2.24) is 24.5 Å². The highest BCUT2D eigenvalue weighted by Crippen LogP contribution is 2.20. The molecule has 0 aliphatic rings. The number of hydrogen-bond acceptors (Lipinski definition) is 5. The number of halogens is 1. The summed E-state index contributed by atoms with van der Waals surface area (Å²) in [5.41, 5.74) is 3.86. The highest BCUT2D eigenvalue weighted by atomic mass is 19.1. The quantitative estimate of drug-likeness (QED) is 0.304. The van der Waals surface area contributed by atoms with Crippen molar-refractivity contribution >= 4 is 11.6 Å². The van der Waals surface area contributed by atoms with Crippen LogP contribution in [0.1, 0.15) is 27.0 Å². The van der Waals surface area contributed by atoms with Crippen LogP contribution in [0.15, 0.2) is 97.7 Å². The SMILES string of the molecule is O=C(c1cnn2cccnc12)N(Cc1ccncc1)Cc1cccc(OCCc2ccc(F)cc2)c1. The average Bonchev–Trinajstić information content (AvgIpc) is 3.34. The maximum atomic E-state index is 13.6. The van der Waals surface area contributed by atoms with Gasteiger partial charge in [0.15, 0.2) is 5.65 Å². The number of amides is 1. The van der Waals surface area contributed by atoms with Gasteiger partial charge in [0.25, 0.3) is 5.91 Å². The summed E-state index contributed by atoms with van der Waals surface area (Å²) in [7, 11) is 0. The highest BCUT2D eigenvalue weighted by molar-refractivity contribution is 5.99. The molecular weight excluding hydrogens is 457 g/mol. The molecule has 0 saturated heterocycles. The maximum absolute atomic E-state index is 13.6. The number of aromatic nitrogens is 4. The molecule has 0 atom stereocenters. The fraction of sp³-hybridized carbons (Fsp3) is 0.143. The second kappa shape index (κ2) is 10.8. The summed E-state index contributed by atoms with van der Waals surface area (Å²) in [5.74, 6) is 0.296. The van der Waals surface area contributed by atoms with E-state index in [9.17, 15) is 9.18 Å². The molecule has 2 aromatic carbocycles. The summed E-state index contributed by atoms with van der Waals surface area (Å²) in [6.45, 7) is 1.24. The highest BCUT2D eigenvalue weighted by Gasteiger charge is 2.21. The van der Waals surface area contributed by atoms with Crippen LogP contribution < -0.4 is 4.74 Å². The van der Waals surface area contributed by atoms with Crippen LogP contribution in [0, 0.1) is 5.82 Å². The van der Waals surface area contributed by atoms with Gasteiger partial charge in [-0.2, -0.15) is 5.10 Å². The van der Waals surface area contributed by atoms with Crippen LogP contribution in [0.25, 0.3) is 5.65 Å². The minimum absolute atomic E-state index is 0.164. The van der Waals surface area contributed by atoms with Crippen LogP contribution in [0.3, 0.4) is 0 Å². The van der Waals surface area contributed by atoms with Crippen LogP contribution in [-0.2, 0) is 19.5 Å². The number of pyridine rings is 1. The van der Waals surface area contributed by atoms with Crippen molar-refractivity contribution in [3.8, 4) is 5.75 Å². The summed E-state index contributed by atoms with van der Waals surface area (Å²) in [6.07, 6.45) is 9.06. The Labute approximate surface area is 207 Å². The number of hydrogen-bond donors (Lipinski definition) is 0. The molecule has 0 saturated carbocycles. The molecule has 0 spiro atoms. The van der Waals surface area contributed by atoms with Crippen molar-refractivity contribution in [1.29, 1.82) is 0 Å². The van der Waals surface area contributed by atoms with Crippen molar-refractivity contribution in [2.24, 2.45) is 0 Å². The molecule has 0 fully saturated rings. The van der Waals surface area contributed by atoms with Gasteiger partial charge in [-0.1, -0.05) is 24.3 Å². The van der Waals surface area contributed by atoms with Gasteiger partial charge in [0, 0.05) is 44.3 Å². The van der Waals surface area contributed by atoms with Gasteiger partial charge >= 0.3 is 0 Å². The van der Waals surface area contributed by atoms with Crippen molar-refractivity contribution in [3.63, 3.8) is 0 Å². The van der Waals surface area contributed by atoms with Crippen LogP contribution in [0.2, 0.25) is 0 Å². The van der Waals surface area contributed by atoms with E-state index in [1.54, 1.807) is 58.6 Å². The summed E-state index contributed by atoms with van der Waals surface area (Å²) in [4.78, 5) is 23.8. The Morgan fingerprint density at radius 1 is 0.917 bits per heavy atom. The predicted molar refractivity (Wildman–Crippen MR) is 133 cm³/mol. The smallest absolute Gasteiger partial charge is 0.259 e. The van der Waals surface area contributed by atoms with Gasteiger partial charge in [-0.15, -0.1) is 0 Å². The second-order valence-corrected chi connectivity index (χ2v) is 8.34. The average molecular weight is 482 g/mol. The molecule has 1 amide bonds. The van der Waals surface area contributed by atoms with Crippen LogP contribution in [-0.4, -0.2) is 37.0 Å². The molecule has 3 heterocycles. The molecule has 0 radical (unpaired) electrons. The number of ether oxygens (including phenoxy) is 1. The number of benzene rings is 2. The van der Waals surface area contributed by atoms with Crippen LogP contribution in [0.5, 0.6) is 5.75 Å². The number of rotatable bonds is 9. The van der Waals surface area contributed by atoms with Gasteiger partial charge in [-0.25, -0.2) is 13.9 Å². The third-order valence-corrected chi connectivity index (χ3v) is 5.76. The molecule has 7 nitrogen and oxygen atoms in total. The van der Waals surface area contributed by atoms with Gasteiger partial charge in [0.05, 0.1) is 12.8 Å². The minimum Gasteiger partial charge on any atom is -0.493 e. The zero-order valence-corrected chi connectivity index (χ0v) is 19.5. The Hall–Kier alpha value is -4.59. The van der Waals surface area contributed by atoms with E-state index in [-0.39, 0.29) is 11.7 Å². The van der Waals surface area contributed by atoms with E-state index in [0.717, 1.165) is 16.7 Å². The monoisotopic (exact) mass is 481 g/mol. The summed E-state index contributed by atoms with van der Waals surface area (Å²) >= 11 is 0. The first-order valence-corrected chi connectivity index (χ1v) is 11.6. The van der Waals surface area contributed by atoms with E-state index in [1.165, 1.54) is 12.1 Å². The van der Waals surface area contributed by atoms with Crippen LogP contribution >= 0.6 is 0 Å². The van der Waals surface area contributed by atoms with Gasteiger partial charge in [-0.3, -0.25) is 9.78 Å². The third kappa shape index (κ3) is 5.55. The van der Waals surface area contributed by atoms with E-state index >= 15 is 0 Å². The van der Waals surface area contributed by atoms with E-state index < -0.39 is 0 Å². The summed E-state index contributed by atoms with van der Waals surface area (Å²) < 4.78 is 20.6. The number of carbonyl (C=O) groups excluding carboxylic acids is 1. The van der Waals surface area contributed by atoms with Crippen molar-refractivity contribution in [3.05, 3.63) is 126 Å². The molecule has 5 aromatic rings. The van der Waals surface area contributed by atoms with Crippen molar-refractivity contribution in [2.75, 3.05) is 6.61 Å². The predicted octanol–water partition coefficient (Wildman–Crippen LogP) is 4.73. The maximum Gasteiger partial charge on any atom is 0.259 e. The van der Waals surface area contributed by atoms with E-state index in [4.69, 9.17) is 4.74 Å². The molecule has 0 N–H and O–H groups in total. The van der Waals surface area contributed by atoms with Crippen LogP contribution in [0.4, 0.5) is 4.39 Å². The first kappa shape index (κ1) is 23.2. The number of nitrogens with zero attached hydrogens (tertiary/aromatic N) is 5. The molecule has 3 aromatic heterocycles. The Morgan fingerprint density at radius 2 is 1.72 bits per heavy atom. The second-order valence-electron chi connectivity index (χ2n) is 8.34. The molecule has 5 rings (SSSR count). The fourth-order valence-corrected chi connectivity index (χ4v) is 3.95. The third-order valence-electron chi connectivity index (χ3n) is 5.76. The normalized spacial score (nSPS) is 10.9. The lowest BCUT2D eigenvalue weighted by Gasteiger charge is -2.23. The zero-order valence-electron chi connectivity index (χ0n) is 19.5. The number of carbonyl (C=O) groups is 1. The molecular formula is C28H24FN5O2. The van der Waals surface area contributed by atoms with Gasteiger partial charge < -0.3 is 9.64 Å². The molecule has 180 valence electrons. The first-order chi connectivity index (χ1) is 17.7. The topological polar surface area (TPSA) is 72.6 Å². The molecule has 0 aliphatic carbocycles. The molecule has 36 heavy (non-hydrogen) atoms. The lowest BCUT2D eigenvalue weighted by molar-refractivity contribution is 0.0731. The van der Waals surface area contributed by atoms with Crippen molar-refractivity contribution < 1.29 is 13.9 Å². The van der Waals surface area contributed by atoms with E-state index in [2.05, 4.69) is 15.1 Å². The lowest BCUT2D eigenvalue weighted by Crippen LogP contribution is -2.30. The van der Waals surface area contributed by atoms with Crippen molar-refractivity contribution in [2.45, 2.75) is 19.5 Å². The molecule has 8 heteroatoms. The fourth-order valence-electron chi connectivity index (χ4n) is 3.95. The molecule has 0 bridgehead atoms. The number of fused-ring (bicyclic) bond motifs is 1. The van der Waals surface area contributed by atoms with Gasteiger partial charge in [0.1, 0.15) is 17.1 Å². The Bertz CT molecular complexity index is 1450. The van der Waals surface area contributed by atoms with Gasteiger partial charge in [-0.05, 0) is 59.2 Å². The standard InChI is InChI=1S/C28H24FN5O2/c29-24-7-5-21(6-8-24)11-16-36-25-4-1-3-23(17-25)20-33(19-22-9-13-30-14-10-22)28(35)26-18-32-34-15-2-12-31-27(26)34/h1-10,12-15,17-18H,11,16,19-20H2. The van der Waals surface area contributed by atoms with E-state index in [0.29, 0.717) is 43.1 Å². The molecule has 0 aliphatic heterocycles. The summed E-state index contributed by atoms with van der Waals surface area (Å²) in [6, 6.07) is 19.7. The Balaban J connectivity index is 1.33. The Morgan fingerprint density at radius 3 is 2.56 bits per heavy atom. The van der Waals surface area contributed by atoms with Gasteiger partial charge in [0.2, 0.25) is 0 Å². The molecule has 0 unspecified atom stereocenters. The largest absolute Gasteiger partial charge is 0.493 e. The Kier molecular flexibility index (Phi) is 6.93. The zero-order chi connectivity index (χ0) is 24.7. The lowest BCUT2D eigenvalue weighted by atomic mass is 10.1.